The van der Waals surface area contributed by atoms with E-state index in [4.69, 9.17) is 0 Å². The van der Waals surface area contributed by atoms with Crippen LogP contribution in [-0.4, -0.2) is 34.3 Å². The quantitative estimate of drug-likeness (QED) is 0.344. The standard InChI is InChI=1S/C31H30N2O4/c1-2-3-20-33-28(34)25-26(29(33)35)31(30(36)37,24-12-8-5-9-13-24)32-27(25)23-18-16-22(17-19-23)15-14-21-10-6-4-7-11-21/h4-19,25-27,32H,2-3,20H2,1H3,(H,36,37). The predicted octanol–water partition coefficient (Wildman–Crippen LogP) is 4.88. The van der Waals surface area contributed by atoms with Gasteiger partial charge in [0.1, 0.15) is 0 Å². The number of carboxylic acid groups (broad SMARTS) is 1. The number of rotatable bonds is 8. The first-order chi connectivity index (χ1) is 18.0. The number of hydrogen-bond acceptors (Lipinski definition) is 4. The second-order valence-electron chi connectivity index (χ2n) is 9.70. The van der Waals surface area contributed by atoms with E-state index in [1.807, 2.05) is 73.7 Å². The van der Waals surface area contributed by atoms with Crippen LogP contribution in [0.15, 0.2) is 84.9 Å². The van der Waals surface area contributed by atoms with Gasteiger partial charge in [-0.15, -0.1) is 0 Å². The van der Waals surface area contributed by atoms with Crippen LogP contribution in [0.4, 0.5) is 0 Å². The molecule has 2 aliphatic rings. The smallest absolute Gasteiger partial charge is 0.329 e. The number of likely N-dealkylation sites (tertiary alicyclic amines) is 1. The van der Waals surface area contributed by atoms with Crippen molar-refractivity contribution in [3.63, 3.8) is 0 Å². The normalized spacial score (nSPS) is 25.1. The zero-order chi connectivity index (χ0) is 26.0. The molecule has 4 atom stereocenters. The topological polar surface area (TPSA) is 86.7 Å². The van der Waals surface area contributed by atoms with Gasteiger partial charge >= 0.3 is 5.97 Å². The van der Waals surface area contributed by atoms with E-state index in [9.17, 15) is 19.5 Å². The molecule has 2 saturated heterocycles. The molecule has 2 fully saturated rings. The molecule has 6 nitrogen and oxygen atoms in total. The number of aliphatic carboxylic acids is 1. The lowest BCUT2D eigenvalue weighted by atomic mass is 9.75. The van der Waals surface area contributed by atoms with E-state index in [1.165, 1.54) is 4.90 Å². The maximum Gasteiger partial charge on any atom is 0.329 e. The van der Waals surface area contributed by atoms with E-state index in [-0.39, 0.29) is 5.91 Å². The van der Waals surface area contributed by atoms with Crippen LogP contribution in [-0.2, 0) is 19.9 Å². The number of nitrogens with zero attached hydrogens (tertiary/aromatic N) is 1. The third-order valence-corrected chi connectivity index (χ3v) is 7.52. The molecule has 4 unspecified atom stereocenters. The van der Waals surface area contributed by atoms with Crippen molar-refractivity contribution < 1.29 is 19.5 Å². The van der Waals surface area contributed by atoms with Gasteiger partial charge < -0.3 is 5.11 Å². The van der Waals surface area contributed by atoms with Crippen molar-refractivity contribution in [3.8, 4) is 0 Å². The van der Waals surface area contributed by atoms with E-state index in [1.54, 1.807) is 30.3 Å². The summed E-state index contributed by atoms with van der Waals surface area (Å²) in [5.41, 5.74) is 1.62. The van der Waals surface area contributed by atoms with Crippen LogP contribution in [0.2, 0.25) is 0 Å². The predicted molar refractivity (Wildman–Crippen MR) is 142 cm³/mol. The lowest BCUT2D eigenvalue weighted by Crippen LogP contribution is -2.53. The van der Waals surface area contributed by atoms with Crippen LogP contribution in [0.5, 0.6) is 0 Å². The van der Waals surface area contributed by atoms with E-state index < -0.39 is 35.3 Å². The molecule has 2 amide bonds. The fraction of sp³-hybridized carbons (Fsp3) is 0.258. The summed E-state index contributed by atoms with van der Waals surface area (Å²) in [6, 6.07) is 25.8. The van der Waals surface area contributed by atoms with E-state index in [0.29, 0.717) is 18.5 Å². The van der Waals surface area contributed by atoms with E-state index in [0.717, 1.165) is 23.1 Å². The Balaban J connectivity index is 1.53. The molecule has 2 heterocycles. The monoisotopic (exact) mass is 494 g/mol. The van der Waals surface area contributed by atoms with Crippen LogP contribution in [0.25, 0.3) is 12.2 Å². The SMILES string of the molecule is CCCCN1C(=O)C2C(c3ccc(C=Cc4ccccc4)cc3)NC(C(=O)O)(c3ccccc3)C2C1=O. The maximum atomic E-state index is 13.6. The van der Waals surface area contributed by atoms with Crippen LogP contribution >= 0.6 is 0 Å². The van der Waals surface area contributed by atoms with E-state index >= 15 is 0 Å². The molecule has 3 aromatic rings. The number of unbranched alkanes of at least 4 members (excludes halogenated alkanes) is 1. The lowest BCUT2D eigenvalue weighted by Gasteiger charge is -2.31. The van der Waals surface area contributed by atoms with Crippen LogP contribution in [0, 0.1) is 11.8 Å². The summed E-state index contributed by atoms with van der Waals surface area (Å²) < 4.78 is 0. The molecule has 2 N–H and O–H groups in total. The summed E-state index contributed by atoms with van der Waals surface area (Å²) in [4.78, 5) is 41.5. The van der Waals surface area contributed by atoms with Crippen LogP contribution in [0.1, 0.15) is 48.1 Å². The zero-order valence-corrected chi connectivity index (χ0v) is 20.7. The zero-order valence-electron chi connectivity index (χ0n) is 20.7. The number of carbonyl (C=O) groups is 3. The van der Waals surface area contributed by atoms with Gasteiger partial charge in [0.15, 0.2) is 5.54 Å². The summed E-state index contributed by atoms with van der Waals surface area (Å²) in [7, 11) is 0. The van der Waals surface area contributed by atoms with Crippen molar-refractivity contribution in [2.45, 2.75) is 31.3 Å². The Kier molecular flexibility index (Phi) is 6.76. The summed E-state index contributed by atoms with van der Waals surface area (Å²) in [6.07, 6.45) is 5.54. The number of carbonyl (C=O) groups excluding carboxylic acids is 2. The Morgan fingerprint density at radius 3 is 2.08 bits per heavy atom. The van der Waals surface area contributed by atoms with Crippen LogP contribution in [0.3, 0.4) is 0 Å². The molecule has 3 aromatic carbocycles. The molecule has 0 saturated carbocycles. The van der Waals surface area contributed by atoms with Crippen molar-refractivity contribution in [2.75, 3.05) is 6.54 Å². The Bertz CT molecular complexity index is 1320. The molecule has 0 aromatic heterocycles. The second-order valence-corrected chi connectivity index (χ2v) is 9.70. The molecule has 2 aliphatic heterocycles. The Morgan fingerprint density at radius 1 is 0.892 bits per heavy atom. The highest BCUT2D eigenvalue weighted by Gasteiger charge is 2.69. The average Bonchev–Trinajstić information content (AvgIpc) is 3.42. The summed E-state index contributed by atoms with van der Waals surface area (Å²) in [5, 5.41) is 13.8. The molecule has 5 rings (SSSR count). The van der Waals surface area contributed by atoms with Crippen molar-refractivity contribution in [1.29, 1.82) is 0 Å². The molecular formula is C31H30N2O4. The van der Waals surface area contributed by atoms with Gasteiger partial charge in [-0.2, -0.15) is 0 Å². The number of benzene rings is 3. The number of imide groups is 1. The minimum atomic E-state index is -1.70. The molecule has 0 radical (unpaired) electrons. The first kappa shape index (κ1) is 24.7. The highest BCUT2D eigenvalue weighted by atomic mass is 16.4. The lowest BCUT2D eigenvalue weighted by molar-refractivity contribution is -0.152. The van der Waals surface area contributed by atoms with Crippen molar-refractivity contribution >= 4 is 29.9 Å². The second kappa shape index (κ2) is 10.1. The number of fused-ring (bicyclic) bond motifs is 1. The first-order valence-corrected chi connectivity index (χ1v) is 12.7. The van der Waals surface area contributed by atoms with Gasteiger partial charge in [0.2, 0.25) is 11.8 Å². The summed E-state index contributed by atoms with van der Waals surface area (Å²) in [5.74, 6) is -3.69. The number of carboxylic acids is 1. The van der Waals surface area contributed by atoms with E-state index in [2.05, 4.69) is 5.32 Å². The van der Waals surface area contributed by atoms with Gasteiger partial charge in [0, 0.05) is 12.6 Å². The minimum Gasteiger partial charge on any atom is -0.480 e. The van der Waals surface area contributed by atoms with Gasteiger partial charge in [-0.3, -0.25) is 19.8 Å². The number of hydrogen-bond donors (Lipinski definition) is 2. The summed E-state index contributed by atoms with van der Waals surface area (Å²) >= 11 is 0. The highest BCUT2D eigenvalue weighted by Crippen LogP contribution is 2.53. The first-order valence-electron chi connectivity index (χ1n) is 12.7. The fourth-order valence-corrected chi connectivity index (χ4v) is 5.65. The molecule has 0 bridgehead atoms. The van der Waals surface area contributed by atoms with Gasteiger partial charge in [-0.05, 0) is 28.7 Å². The molecular weight excluding hydrogens is 464 g/mol. The molecule has 188 valence electrons. The van der Waals surface area contributed by atoms with Gasteiger partial charge in [-0.25, -0.2) is 4.79 Å². The maximum absolute atomic E-state index is 13.6. The Hall–Kier alpha value is -4.03. The van der Waals surface area contributed by atoms with Crippen molar-refractivity contribution in [3.05, 3.63) is 107 Å². The third-order valence-electron chi connectivity index (χ3n) is 7.52. The largest absolute Gasteiger partial charge is 0.480 e. The Morgan fingerprint density at radius 2 is 1.49 bits per heavy atom. The molecule has 37 heavy (non-hydrogen) atoms. The molecule has 0 aliphatic carbocycles. The number of amides is 2. The average molecular weight is 495 g/mol. The van der Waals surface area contributed by atoms with Crippen molar-refractivity contribution in [2.24, 2.45) is 11.8 Å². The van der Waals surface area contributed by atoms with Gasteiger partial charge in [-0.1, -0.05) is 110 Å². The molecule has 0 spiro atoms. The minimum absolute atomic E-state index is 0.298. The third kappa shape index (κ3) is 4.27. The van der Waals surface area contributed by atoms with Gasteiger partial charge in [0.25, 0.3) is 0 Å². The van der Waals surface area contributed by atoms with Gasteiger partial charge in [0.05, 0.1) is 11.8 Å². The number of nitrogens with one attached hydrogen (secondary N) is 1. The molecule has 6 heteroatoms. The van der Waals surface area contributed by atoms with Crippen molar-refractivity contribution in [1.82, 2.24) is 10.2 Å². The fourth-order valence-electron chi connectivity index (χ4n) is 5.65. The Labute approximate surface area is 216 Å². The highest BCUT2D eigenvalue weighted by molar-refractivity contribution is 6.09. The summed E-state index contributed by atoms with van der Waals surface area (Å²) in [6.45, 7) is 2.30. The van der Waals surface area contributed by atoms with Crippen LogP contribution < -0.4 is 5.32 Å².